The van der Waals surface area contributed by atoms with Gasteiger partial charge in [0, 0.05) is 29.1 Å². The second-order valence-electron chi connectivity index (χ2n) is 7.07. The molecular formula is C21H21ClN2O2S2. The fraction of sp³-hybridized carbons (Fsp3) is 0.286. The number of hydrogen-bond donors (Lipinski definition) is 0. The molecule has 1 aromatic heterocycles. The number of halogens is 1. The van der Waals surface area contributed by atoms with E-state index in [0.717, 1.165) is 16.4 Å². The van der Waals surface area contributed by atoms with Gasteiger partial charge in [-0.15, -0.1) is 11.3 Å². The molecule has 1 saturated heterocycles. The van der Waals surface area contributed by atoms with Gasteiger partial charge in [0.2, 0.25) is 0 Å². The first-order valence-electron chi connectivity index (χ1n) is 9.20. The molecule has 3 aromatic rings. The van der Waals surface area contributed by atoms with E-state index in [1.54, 1.807) is 29.5 Å². The van der Waals surface area contributed by atoms with E-state index in [2.05, 4.69) is 41.5 Å². The summed E-state index contributed by atoms with van der Waals surface area (Å²) in [4.78, 5) is 7.27. The topological polar surface area (TPSA) is 50.3 Å². The molecule has 0 bridgehead atoms. The highest BCUT2D eigenvalue weighted by Crippen LogP contribution is 2.32. The number of thiazole rings is 1. The van der Waals surface area contributed by atoms with Crippen molar-refractivity contribution >= 4 is 37.9 Å². The average Bonchev–Trinajstić information content (AvgIpc) is 3.19. The summed E-state index contributed by atoms with van der Waals surface area (Å²) in [5, 5.41) is 3.09. The van der Waals surface area contributed by atoms with Gasteiger partial charge in [0.1, 0.15) is 0 Å². The van der Waals surface area contributed by atoms with Crippen LogP contribution in [0.3, 0.4) is 0 Å². The summed E-state index contributed by atoms with van der Waals surface area (Å²) in [5.41, 5.74) is 3.29. The Morgan fingerprint density at radius 3 is 2.50 bits per heavy atom. The Balaban J connectivity index is 1.45. The number of rotatable bonds is 4. The zero-order valence-corrected chi connectivity index (χ0v) is 17.9. The number of aryl methyl sites for hydroxylation is 1. The van der Waals surface area contributed by atoms with Crippen molar-refractivity contribution in [2.24, 2.45) is 0 Å². The zero-order chi connectivity index (χ0) is 19.7. The Morgan fingerprint density at radius 1 is 1.11 bits per heavy atom. The van der Waals surface area contributed by atoms with Crippen molar-refractivity contribution in [3.05, 3.63) is 64.5 Å². The van der Waals surface area contributed by atoms with Gasteiger partial charge in [-0.1, -0.05) is 47.5 Å². The third kappa shape index (κ3) is 3.95. The second-order valence-corrected chi connectivity index (χ2v) is 10.6. The molecule has 2 heterocycles. The molecule has 0 amide bonds. The Hall–Kier alpha value is -1.89. The quantitative estimate of drug-likeness (QED) is 0.567. The van der Waals surface area contributed by atoms with Crippen LogP contribution in [0.25, 0.3) is 11.3 Å². The SMILES string of the molecule is Cc1ccc(-c2csc(N3CCC(S(=O)(=O)c4cccc(Cl)c4)CC3)n2)cc1. The van der Waals surface area contributed by atoms with Gasteiger partial charge in [-0.3, -0.25) is 0 Å². The molecule has 146 valence electrons. The highest BCUT2D eigenvalue weighted by Gasteiger charge is 2.32. The molecule has 0 radical (unpaired) electrons. The number of piperidine rings is 1. The Bertz CT molecular complexity index is 1070. The fourth-order valence-electron chi connectivity index (χ4n) is 3.46. The van der Waals surface area contributed by atoms with Gasteiger partial charge in [0.25, 0.3) is 0 Å². The van der Waals surface area contributed by atoms with Gasteiger partial charge < -0.3 is 4.90 Å². The molecule has 0 N–H and O–H groups in total. The van der Waals surface area contributed by atoms with E-state index in [0.29, 0.717) is 35.8 Å². The number of aromatic nitrogens is 1. The monoisotopic (exact) mass is 432 g/mol. The minimum Gasteiger partial charge on any atom is -0.348 e. The summed E-state index contributed by atoms with van der Waals surface area (Å²) >= 11 is 7.59. The second kappa shape index (κ2) is 7.85. The van der Waals surface area contributed by atoms with Crippen LogP contribution in [-0.4, -0.2) is 31.7 Å². The largest absolute Gasteiger partial charge is 0.348 e. The Morgan fingerprint density at radius 2 is 1.82 bits per heavy atom. The molecule has 0 unspecified atom stereocenters. The molecule has 0 spiro atoms. The zero-order valence-electron chi connectivity index (χ0n) is 15.5. The van der Waals surface area contributed by atoms with Crippen LogP contribution in [0.5, 0.6) is 0 Å². The highest BCUT2D eigenvalue weighted by molar-refractivity contribution is 7.92. The predicted octanol–water partition coefficient (Wildman–Crippen LogP) is 5.21. The normalized spacial score (nSPS) is 15.7. The van der Waals surface area contributed by atoms with Crippen molar-refractivity contribution in [1.82, 2.24) is 4.98 Å². The first kappa shape index (κ1) is 19.4. The van der Waals surface area contributed by atoms with E-state index in [1.807, 2.05) is 0 Å². The number of anilines is 1. The molecule has 2 aromatic carbocycles. The third-order valence-electron chi connectivity index (χ3n) is 5.12. The molecule has 4 rings (SSSR count). The van der Waals surface area contributed by atoms with Crippen molar-refractivity contribution in [1.29, 1.82) is 0 Å². The van der Waals surface area contributed by atoms with Gasteiger partial charge >= 0.3 is 0 Å². The fourth-order valence-corrected chi connectivity index (χ4v) is 6.38. The van der Waals surface area contributed by atoms with E-state index in [1.165, 1.54) is 11.6 Å². The van der Waals surface area contributed by atoms with Gasteiger partial charge in [0.15, 0.2) is 15.0 Å². The molecule has 0 saturated carbocycles. The van der Waals surface area contributed by atoms with Crippen LogP contribution in [0.1, 0.15) is 18.4 Å². The minimum absolute atomic E-state index is 0.314. The smallest absolute Gasteiger partial charge is 0.185 e. The molecule has 1 aliphatic rings. The molecule has 0 aliphatic carbocycles. The van der Waals surface area contributed by atoms with Crippen molar-refractivity contribution in [2.75, 3.05) is 18.0 Å². The van der Waals surface area contributed by atoms with Gasteiger partial charge in [0.05, 0.1) is 15.8 Å². The van der Waals surface area contributed by atoms with Crippen LogP contribution in [0.4, 0.5) is 5.13 Å². The van der Waals surface area contributed by atoms with E-state index in [4.69, 9.17) is 16.6 Å². The maximum Gasteiger partial charge on any atom is 0.185 e. The molecule has 0 atom stereocenters. The maximum absolute atomic E-state index is 12.9. The first-order chi connectivity index (χ1) is 13.4. The highest BCUT2D eigenvalue weighted by atomic mass is 35.5. The Kier molecular flexibility index (Phi) is 5.45. The summed E-state index contributed by atoms with van der Waals surface area (Å²) in [5.74, 6) is 0. The predicted molar refractivity (Wildman–Crippen MR) is 116 cm³/mol. The summed E-state index contributed by atoms with van der Waals surface area (Å²) < 4.78 is 25.8. The lowest BCUT2D eigenvalue weighted by atomic mass is 10.1. The van der Waals surface area contributed by atoms with Crippen molar-refractivity contribution in [2.45, 2.75) is 29.9 Å². The van der Waals surface area contributed by atoms with Crippen molar-refractivity contribution in [3.63, 3.8) is 0 Å². The average molecular weight is 433 g/mol. The van der Waals surface area contributed by atoms with Gasteiger partial charge in [-0.05, 0) is 38.0 Å². The summed E-state index contributed by atoms with van der Waals surface area (Å²) in [6.07, 6.45) is 1.18. The lowest BCUT2D eigenvalue weighted by Crippen LogP contribution is -2.39. The van der Waals surface area contributed by atoms with Gasteiger partial charge in [-0.2, -0.15) is 0 Å². The molecule has 1 aliphatic heterocycles. The third-order valence-corrected chi connectivity index (χ3v) is 8.51. The molecule has 28 heavy (non-hydrogen) atoms. The summed E-state index contributed by atoms with van der Waals surface area (Å²) in [6.45, 7) is 3.44. The van der Waals surface area contributed by atoms with Crippen LogP contribution in [-0.2, 0) is 9.84 Å². The number of nitrogens with zero attached hydrogens (tertiary/aromatic N) is 2. The van der Waals surface area contributed by atoms with E-state index < -0.39 is 9.84 Å². The lowest BCUT2D eigenvalue weighted by molar-refractivity contribution is 0.529. The Labute approximate surface area is 174 Å². The lowest BCUT2D eigenvalue weighted by Gasteiger charge is -2.31. The molecule has 7 heteroatoms. The van der Waals surface area contributed by atoms with Crippen LogP contribution in [0.2, 0.25) is 5.02 Å². The standard InChI is InChI=1S/C21H21ClN2O2S2/c1-15-5-7-16(8-6-15)20-14-27-21(23-20)24-11-9-18(10-12-24)28(25,26)19-4-2-3-17(22)13-19/h2-8,13-14,18H,9-12H2,1H3. The van der Waals surface area contributed by atoms with Crippen LogP contribution in [0.15, 0.2) is 58.8 Å². The number of benzene rings is 2. The van der Waals surface area contributed by atoms with E-state index in [9.17, 15) is 8.42 Å². The molecular weight excluding hydrogens is 412 g/mol. The number of sulfone groups is 1. The summed E-state index contributed by atoms with van der Waals surface area (Å²) in [6, 6.07) is 14.9. The van der Waals surface area contributed by atoms with Crippen LogP contribution < -0.4 is 4.90 Å². The van der Waals surface area contributed by atoms with Crippen molar-refractivity contribution in [3.8, 4) is 11.3 Å². The van der Waals surface area contributed by atoms with E-state index >= 15 is 0 Å². The van der Waals surface area contributed by atoms with E-state index in [-0.39, 0.29) is 5.25 Å². The summed E-state index contributed by atoms with van der Waals surface area (Å²) in [7, 11) is -3.36. The van der Waals surface area contributed by atoms with Gasteiger partial charge in [-0.25, -0.2) is 13.4 Å². The minimum atomic E-state index is -3.36. The number of hydrogen-bond acceptors (Lipinski definition) is 5. The molecule has 1 fully saturated rings. The maximum atomic E-state index is 12.9. The first-order valence-corrected chi connectivity index (χ1v) is 12.0. The van der Waals surface area contributed by atoms with Crippen LogP contribution in [0, 0.1) is 6.92 Å². The van der Waals surface area contributed by atoms with Crippen LogP contribution >= 0.6 is 22.9 Å². The van der Waals surface area contributed by atoms with Crippen molar-refractivity contribution < 1.29 is 8.42 Å². The molecule has 4 nitrogen and oxygen atoms in total.